The van der Waals surface area contributed by atoms with E-state index in [2.05, 4.69) is 16.0 Å². The summed E-state index contributed by atoms with van der Waals surface area (Å²) in [7, 11) is -3.63. The van der Waals surface area contributed by atoms with Gasteiger partial charge in [-0.3, -0.25) is 4.79 Å². The minimum Gasteiger partial charge on any atom is -0.444 e. The van der Waals surface area contributed by atoms with E-state index in [0.29, 0.717) is 0 Å². The maximum Gasteiger partial charge on any atom is 0.408 e. The molecule has 2 amide bonds. The van der Waals surface area contributed by atoms with Crippen LogP contribution in [-0.4, -0.2) is 38.3 Å². The van der Waals surface area contributed by atoms with E-state index >= 15 is 0 Å². The second kappa shape index (κ2) is 10.7. The predicted molar refractivity (Wildman–Crippen MR) is 125 cm³/mol. The summed E-state index contributed by atoms with van der Waals surface area (Å²) in [5.74, 6) is -0.912. The van der Waals surface area contributed by atoms with E-state index in [1.54, 1.807) is 45.9 Å². The number of hydrogen-bond donors (Lipinski definition) is 3. The molecule has 2 aromatic carbocycles. The highest BCUT2D eigenvalue weighted by atomic mass is 32.2. The number of hydrogen-bond acceptors (Lipinski definition) is 6. The van der Waals surface area contributed by atoms with Crippen molar-refractivity contribution in [1.82, 2.24) is 5.32 Å². The van der Waals surface area contributed by atoms with Crippen LogP contribution >= 0.6 is 0 Å². The third-order valence-corrected chi connectivity index (χ3v) is 5.62. The number of ether oxygens (including phenoxy) is 1. The average Bonchev–Trinajstić information content (AvgIpc) is 2.70. The summed E-state index contributed by atoms with van der Waals surface area (Å²) >= 11 is 0. The minimum absolute atomic E-state index is 0.00411. The molecule has 0 saturated carbocycles. The molecule has 0 saturated heterocycles. The van der Waals surface area contributed by atoms with E-state index in [0.717, 1.165) is 11.8 Å². The Morgan fingerprint density at radius 1 is 1.09 bits per heavy atom. The number of benzene rings is 2. The second-order valence-electron chi connectivity index (χ2n) is 8.53. The molecule has 8 nitrogen and oxygen atoms in total. The highest BCUT2D eigenvalue weighted by molar-refractivity contribution is 7.90. The molecule has 3 N–H and O–H groups in total. The number of alkyl carbamates (subject to hydrolysis) is 1. The zero-order chi connectivity index (χ0) is 24.8. The molecule has 0 aromatic heterocycles. The van der Waals surface area contributed by atoms with Crippen LogP contribution in [0.1, 0.15) is 39.7 Å². The van der Waals surface area contributed by atoms with Crippen molar-refractivity contribution in [3.8, 4) is 0 Å². The van der Waals surface area contributed by atoms with Crippen molar-refractivity contribution in [2.24, 2.45) is 0 Å². The van der Waals surface area contributed by atoms with Crippen LogP contribution in [0.2, 0.25) is 0 Å². The molecule has 10 heteroatoms. The van der Waals surface area contributed by atoms with Crippen molar-refractivity contribution in [1.29, 1.82) is 0 Å². The Labute approximate surface area is 193 Å². The fourth-order valence-corrected chi connectivity index (χ4v) is 3.82. The van der Waals surface area contributed by atoms with Gasteiger partial charge in [-0.25, -0.2) is 17.6 Å². The summed E-state index contributed by atoms with van der Waals surface area (Å²) in [4.78, 5) is 25.0. The van der Waals surface area contributed by atoms with Crippen LogP contribution in [0.15, 0.2) is 47.4 Å². The number of rotatable bonds is 8. The average molecular weight is 480 g/mol. The van der Waals surface area contributed by atoms with Crippen LogP contribution in [-0.2, 0) is 25.9 Å². The van der Waals surface area contributed by atoms with Crippen molar-refractivity contribution < 1.29 is 27.1 Å². The fraction of sp³-hybridized carbons (Fsp3) is 0.391. The van der Waals surface area contributed by atoms with E-state index in [4.69, 9.17) is 4.74 Å². The van der Waals surface area contributed by atoms with Crippen molar-refractivity contribution in [3.05, 3.63) is 53.8 Å². The van der Waals surface area contributed by atoms with Crippen molar-refractivity contribution in [3.63, 3.8) is 0 Å². The van der Waals surface area contributed by atoms with Crippen LogP contribution in [0.3, 0.4) is 0 Å². The number of sulfone groups is 1. The van der Waals surface area contributed by atoms with Crippen LogP contribution < -0.4 is 16.0 Å². The first-order chi connectivity index (χ1) is 15.3. The normalized spacial score (nSPS) is 12.5. The van der Waals surface area contributed by atoms with Crippen molar-refractivity contribution >= 4 is 33.2 Å². The highest BCUT2D eigenvalue weighted by Gasteiger charge is 2.25. The van der Waals surface area contributed by atoms with Gasteiger partial charge in [0.25, 0.3) is 0 Å². The standard InChI is InChI=1S/C23H30FN3O5S/c1-6-17(27-22(29)32-23(2,3)4)21(28)26-18-8-7-9-19(33(5,30)31)20(18)25-14-15-10-12-16(24)13-11-15/h7-13,17,25H,6,14H2,1-5H3,(H,26,28)(H,27,29)/t17-/m0/s1. The predicted octanol–water partition coefficient (Wildman–Crippen LogP) is 4.08. The van der Waals surface area contributed by atoms with E-state index in [1.165, 1.54) is 24.3 Å². The Balaban J connectivity index is 2.27. The molecule has 2 rings (SSSR count). The Morgan fingerprint density at radius 2 is 1.73 bits per heavy atom. The zero-order valence-electron chi connectivity index (χ0n) is 19.4. The first-order valence-electron chi connectivity index (χ1n) is 10.4. The van der Waals surface area contributed by atoms with Crippen LogP contribution in [0.4, 0.5) is 20.6 Å². The molecule has 0 aliphatic carbocycles. The molecule has 0 heterocycles. The summed E-state index contributed by atoms with van der Waals surface area (Å²) in [6, 6.07) is 9.34. The largest absolute Gasteiger partial charge is 0.444 e. The third kappa shape index (κ3) is 8.05. The molecule has 1 atom stereocenters. The molecular weight excluding hydrogens is 449 g/mol. The van der Waals surface area contributed by atoms with E-state index in [9.17, 15) is 22.4 Å². The Bertz CT molecular complexity index is 1100. The number of anilines is 2. The molecule has 33 heavy (non-hydrogen) atoms. The van der Waals surface area contributed by atoms with Gasteiger partial charge >= 0.3 is 6.09 Å². The lowest BCUT2D eigenvalue weighted by molar-refractivity contribution is -0.118. The van der Waals surface area contributed by atoms with Gasteiger partial charge in [-0.15, -0.1) is 0 Å². The molecule has 0 unspecified atom stereocenters. The minimum atomic E-state index is -3.63. The number of nitrogens with one attached hydrogen (secondary N) is 3. The van der Waals surface area contributed by atoms with Gasteiger partial charge in [-0.05, 0) is 57.0 Å². The lowest BCUT2D eigenvalue weighted by Crippen LogP contribution is -2.45. The fourth-order valence-electron chi connectivity index (χ4n) is 2.94. The molecule has 0 radical (unpaired) electrons. The van der Waals surface area contributed by atoms with Crippen molar-refractivity contribution in [2.45, 2.75) is 57.2 Å². The van der Waals surface area contributed by atoms with Crippen molar-refractivity contribution in [2.75, 3.05) is 16.9 Å². The van der Waals surface area contributed by atoms with E-state index in [1.807, 2.05) is 0 Å². The zero-order valence-corrected chi connectivity index (χ0v) is 20.2. The van der Waals surface area contributed by atoms with Crippen LogP contribution in [0.25, 0.3) is 0 Å². The van der Waals surface area contributed by atoms with Gasteiger partial charge in [-0.2, -0.15) is 0 Å². The molecular formula is C23H30FN3O5S. The Morgan fingerprint density at radius 3 is 2.27 bits per heavy atom. The molecule has 180 valence electrons. The lowest BCUT2D eigenvalue weighted by atomic mass is 10.1. The van der Waals surface area contributed by atoms with Crippen LogP contribution in [0.5, 0.6) is 0 Å². The van der Waals surface area contributed by atoms with Gasteiger partial charge in [0.05, 0.1) is 16.3 Å². The number of para-hydroxylation sites is 1. The summed E-state index contributed by atoms with van der Waals surface area (Å²) in [5, 5.41) is 8.24. The maximum atomic E-state index is 13.2. The Hall–Kier alpha value is -3.14. The molecule has 2 aromatic rings. The van der Waals surface area contributed by atoms with Gasteiger partial charge in [0, 0.05) is 12.8 Å². The monoisotopic (exact) mass is 479 g/mol. The van der Waals surface area contributed by atoms with Gasteiger partial charge in [0.1, 0.15) is 17.5 Å². The summed E-state index contributed by atoms with van der Waals surface area (Å²) in [5.41, 5.74) is 0.425. The first-order valence-corrected chi connectivity index (χ1v) is 12.3. The molecule has 0 aliphatic heterocycles. The van der Waals surface area contributed by atoms with E-state index < -0.39 is 33.5 Å². The van der Waals surface area contributed by atoms with E-state index in [-0.39, 0.29) is 35.1 Å². The molecule has 0 spiro atoms. The second-order valence-corrected chi connectivity index (χ2v) is 10.5. The Kier molecular flexibility index (Phi) is 8.43. The number of carbonyl (C=O) groups is 2. The topological polar surface area (TPSA) is 114 Å². The molecule has 0 fully saturated rings. The molecule has 0 bridgehead atoms. The van der Waals surface area contributed by atoms with Gasteiger partial charge in [-0.1, -0.05) is 25.1 Å². The first kappa shape index (κ1) is 26.1. The summed E-state index contributed by atoms with van der Waals surface area (Å²) < 4.78 is 43.1. The maximum absolute atomic E-state index is 13.2. The lowest BCUT2D eigenvalue weighted by Gasteiger charge is -2.23. The summed E-state index contributed by atoms with van der Waals surface area (Å²) in [6.07, 6.45) is 0.620. The number of carbonyl (C=O) groups excluding carboxylic acids is 2. The highest BCUT2D eigenvalue weighted by Crippen LogP contribution is 2.30. The van der Waals surface area contributed by atoms with Crippen LogP contribution in [0, 0.1) is 5.82 Å². The van der Waals surface area contributed by atoms with Gasteiger partial charge in [0.15, 0.2) is 9.84 Å². The smallest absolute Gasteiger partial charge is 0.408 e. The number of amides is 2. The molecule has 0 aliphatic rings. The van der Waals surface area contributed by atoms with Gasteiger partial charge < -0.3 is 20.7 Å². The third-order valence-electron chi connectivity index (χ3n) is 4.48. The van der Waals surface area contributed by atoms with Gasteiger partial charge in [0.2, 0.25) is 5.91 Å². The quantitative estimate of drug-likeness (QED) is 0.526. The number of halogens is 1. The summed E-state index contributed by atoms with van der Waals surface area (Å²) in [6.45, 7) is 7.06. The SMILES string of the molecule is CC[C@H](NC(=O)OC(C)(C)C)C(=O)Nc1cccc(S(C)(=O)=O)c1NCc1ccc(F)cc1.